The lowest BCUT2D eigenvalue weighted by Crippen LogP contribution is -2.32. The van der Waals surface area contributed by atoms with E-state index in [0.717, 1.165) is 67.0 Å². The van der Waals surface area contributed by atoms with Crippen molar-refractivity contribution in [1.82, 2.24) is 19.9 Å². The quantitative estimate of drug-likeness (QED) is 0.603. The number of piperidine rings is 1. The van der Waals surface area contributed by atoms with Crippen molar-refractivity contribution in [2.75, 3.05) is 18.4 Å². The molecule has 0 atom stereocenters. The van der Waals surface area contributed by atoms with Crippen LogP contribution in [0.2, 0.25) is 0 Å². The maximum atomic E-state index is 6.02. The van der Waals surface area contributed by atoms with Gasteiger partial charge in [0.2, 0.25) is 0 Å². The van der Waals surface area contributed by atoms with Gasteiger partial charge < -0.3 is 10.1 Å². The second kappa shape index (κ2) is 8.20. The van der Waals surface area contributed by atoms with Crippen molar-refractivity contribution in [3.05, 3.63) is 58.5 Å². The molecule has 162 valence electrons. The number of hydrogen-bond acceptors (Lipinski definition) is 7. The molecular weight excluding hydrogens is 406 g/mol. The zero-order valence-corrected chi connectivity index (χ0v) is 19.2. The number of ether oxygens (including phenoxy) is 1. The Morgan fingerprint density at radius 2 is 2.03 bits per heavy atom. The fraction of sp³-hybridized carbons (Fsp3) is 0.458. The van der Waals surface area contributed by atoms with Crippen LogP contribution in [0.15, 0.2) is 36.0 Å². The molecule has 6 nitrogen and oxygen atoms in total. The van der Waals surface area contributed by atoms with Gasteiger partial charge >= 0.3 is 0 Å². The van der Waals surface area contributed by atoms with Crippen molar-refractivity contribution in [2.45, 2.75) is 58.1 Å². The Morgan fingerprint density at radius 1 is 1.19 bits per heavy atom. The Hall–Kier alpha value is -2.51. The number of aryl methyl sites for hydroxylation is 1. The lowest BCUT2D eigenvalue weighted by Gasteiger charge is -2.31. The van der Waals surface area contributed by atoms with E-state index in [9.17, 15) is 0 Å². The van der Waals surface area contributed by atoms with Crippen LogP contribution in [0, 0.1) is 6.92 Å². The molecular formula is C24H29N5OS. The minimum absolute atomic E-state index is 0.0812. The first kappa shape index (κ1) is 20.4. The summed E-state index contributed by atoms with van der Waals surface area (Å²) in [6.45, 7) is 9.46. The molecule has 2 aliphatic heterocycles. The molecule has 2 aromatic heterocycles. The summed E-state index contributed by atoms with van der Waals surface area (Å²) in [5.74, 6) is 2.28. The fourth-order valence-corrected chi connectivity index (χ4v) is 5.26. The molecule has 0 aliphatic carbocycles. The van der Waals surface area contributed by atoms with Gasteiger partial charge in [-0.15, -0.1) is 11.3 Å². The molecule has 0 saturated carbocycles. The number of benzene rings is 1. The molecule has 0 radical (unpaired) electrons. The molecule has 2 aliphatic rings. The van der Waals surface area contributed by atoms with E-state index in [-0.39, 0.29) is 5.60 Å². The lowest BCUT2D eigenvalue weighted by molar-refractivity contribution is 0.138. The van der Waals surface area contributed by atoms with Crippen LogP contribution in [0.4, 0.5) is 10.9 Å². The topological polar surface area (TPSA) is 63.2 Å². The van der Waals surface area contributed by atoms with Crippen molar-refractivity contribution in [3.63, 3.8) is 0 Å². The van der Waals surface area contributed by atoms with Crippen molar-refractivity contribution >= 4 is 22.3 Å². The highest BCUT2D eigenvalue weighted by atomic mass is 32.1. The molecule has 3 aromatic rings. The van der Waals surface area contributed by atoms with E-state index in [1.165, 1.54) is 11.1 Å². The van der Waals surface area contributed by atoms with Crippen LogP contribution in [-0.4, -0.2) is 38.5 Å². The van der Waals surface area contributed by atoms with Crippen molar-refractivity contribution in [2.24, 2.45) is 0 Å². The molecule has 1 saturated heterocycles. The van der Waals surface area contributed by atoms with E-state index >= 15 is 0 Å². The van der Waals surface area contributed by atoms with Gasteiger partial charge in [0.15, 0.2) is 10.9 Å². The number of nitrogens with one attached hydrogen (secondary N) is 1. The van der Waals surface area contributed by atoms with Gasteiger partial charge in [0.1, 0.15) is 11.4 Å². The number of anilines is 2. The second-order valence-electron chi connectivity index (χ2n) is 9.28. The lowest BCUT2D eigenvalue weighted by atomic mass is 9.93. The Labute approximate surface area is 187 Å². The van der Waals surface area contributed by atoms with Gasteiger partial charge in [-0.2, -0.15) is 0 Å². The predicted octanol–water partition coefficient (Wildman–Crippen LogP) is 5.08. The third-order valence-electron chi connectivity index (χ3n) is 6.05. The number of likely N-dealkylation sites (tertiary alicyclic amines) is 1. The average Bonchev–Trinajstić information content (AvgIpc) is 3.29. The molecule has 0 bridgehead atoms. The summed E-state index contributed by atoms with van der Waals surface area (Å²) in [4.78, 5) is 16.2. The molecule has 1 N–H and O–H groups in total. The minimum Gasteiger partial charge on any atom is -0.487 e. The number of hydrogen-bond donors (Lipinski definition) is 1. The van der Waals surface area contributed by atoms with Crippen LogP contribution in [0.5, 0.6) is 5.75 Å². The highest BCUT2D eigenvalue weighted by Crippen LogP contribution is 2.36. The molecule has 0 spiro atoms. The zero-order valence-electron chi connectivity index (χ0n) is 18.4. The summed E-state index contributed by atoms with van der Waals surface area (Å²) in [6, 6.07) is 6.69. The summed E-state index contributed by atoms with van der Waals surface area (Å²) in [5.41, 5.74) is 4.73. The Balaban J connectivity index is 1.18. The van der Waals surface area contributed by atoms with Crippen LogP contribution in [0.3, 0.4) is 0 Å². The number of fused-ring (bicyclic) bond motifs is 1. The average molecular weight is 436 g/mol. The summed E-state index contributed by atoms with van der Waals surface area (Å²) < 4.78 is 6.02. The number of rotatable bonds is 5. The standard InChI is InChI=1S/C24H29N5OS/c1-16-15-31-23(26-16)28-22-13-25-12-20(27-22)18-6-8-29(9-7-18)14-17-4-5-21-19(10-17)11-24(2,3)30-21/h4-5,10,12-13,15,18H,6-9,11,14H2,1-3H3,(H,26,27,28). The zero-order chi connectivity index (χ0) is 21.4. The van der Waals surface area contributed by atoms with Gasteiger partial charge in [-0.05, 0) is 63.9 Å². The molecule has 5 rings (SSSR count). The summed E-state index contributed by atoms with van der Waals surface area (Å²) in [6.07, 6.45) is 6.89. The molecule has 4 heterocycles. The van der Waals surface area contributed by atoms with Gasteiger partial charge in [0, 0.05) is 30.5 Å². The van der Waals surface area contributed by atoms with E-state index in [1.54, 1.807) is 17.5 Å². The number of thiazole rings is 1. The van der Waals surface area contributed by atoms with Crippen LogP contribution >= 0.6 is 11.3 Å². The van der Waals surface area contributed by atoms with Crippen molar-refractivity contribution in [3.8, 4) is 5.75 Å². The summed E-state index contributed by atoms with van der Waals surface area (Å²) >= 11 is 1.59. The second-order valence-corrected chi connectivity index (χ2v) is 10.1. The number of aromatic nitrogens is 3. The first-order valence-corrected chi connectivity index (χ1v) is 11.9. The van der Waals surface area contributed by atoms with Gasteiger partial charge in [0.05, 0.1) is 17.6 Å². The van der Waals surface area contributed by atoms with E-state index in [4.69, 9.17) is 9.72 Å². The van der Waals surface area contributed by atoms with Gasteiger partial charge in [-0.25, -0.2) is 9.97 Å². The van der Waals surface area contributed by atoms with Gasteiger partial charge in [-0.1, -0.05) is 12.1 Å². The minimum atomic E-state index is -0.0812. The van der Waals surface area contributed by atoms with Crippen LogP contribution in [0.25, 0.3) is 0 Å². The van der Waals surface area contributed by atoms with Crippen LogP contribution < -0.4 is 10.1 Å². The Bertz CT molecular complexity index is 1070. The number of nitrogens with zero attached hydrogens (tertiary/aromatic N) is 4. The maximum absolute atomic E-state index is 6.02. The van der Waals surface area contributed by atoms with E-state index < -0.39 is 0 Å². The van der Waals surface area contributed by atoms with Gasteiger partial charge in [0.25, 0.3) is 0 Å². The van der Waals surface area contributed by atoms with Crippen LogP contribution in [0.1, 0.15) is 55.1 Å². The highest BCUT2D eigenvalue weighted by Gasteiger charge is 2.30. The third kappa shape index (κ3) is 4.72. The third-order valence-corrected chi connectivity index (χ3v) is 6.92. The molecule has 0 unspecified atom stereocenters. The summed E-state index contributed by atoms with van der Waals surface area (Å²) in [5, 5.41) is 6.18. The molecule has 7 heteroatoms. The smallest absolute Gasteiger partial charge is 0.188 e. The first-order valence-electron chi connectivity index (χ1n) is 11.0. The Kier molecular flexibility index (Phi) is 5.40. The molecule has 1 fully saturated rings. The first-order chi connectivity index (χ1) is 14.9. The van der Waals surface area contributed by atoms with Crippen molar-refractivity contribution in [1.29, 1.82) is 0 Å². The molecule has 1 aromatic carbocycles. The largest absolute Gasteiger partial charge is 0.487 e. The van der Waals surface area contributed by atoms with Crippen molar-refractivity contribution < 1.29 is 4.74 Å². The predicted molar refractivity (Wildman–Crippen MR) is 124 cm³/mol. The monoisotopic (exact) mass is 435 g/mol. The van der Waals surface area contributed by atoms with Crippen LogP contribution in [-0.2, 0) is 13.0 Å². The Morgan fingerprint density at radius 3 is 2.81 bits per heavy atom. The molecule has 31 heavy (non-hydrogen) atoms. The van der Waals surface area contributed by atoms with Gasteiger partial charge in [-0.3, -0.25) is 9.88 Å². The molecule has 0 amide bonds. The maximum Gasteiger partial charge on any atom is 0.188 e. The van der Waals surface area contributed by atoms with E-state index in [2.05, 4.69) is 52.2 Å². The fourth-order valence-electron chi connectivity index (χ4n) is 4.57. The SMILES string of the molecule is Cc1csc(Nc2cncc(C3CCN(Cc4ccc5c(c4)CC(C)(C)O5)CC3)n2)n1. The summed E-state index contributed by atoms with van der Waals surface area (Å²) in [7, 11) is 0. The van der Waals surface area contributed by atoms with E-state index in [0.29, 0.717) is 5.92 Å². The van der Waals surface area contributed by atoms with E-state index in [1.807, 2.05) is 18.5 Å². The normalized spacial score (nSPS) is 18.5. The highest BCUT2D eigenvalue weighted by molar-refractivity contribution is 7.13.